The molecule has 0 saturated carbocycles. The summed E-state index contributed by atoms with van der Waals surface area (Å²) in [6.45, 7) is 3.49. The third-order valence-electron chi connectivity index (χ3n) is 4.99. The largest absolute Gasteiger partial charge is 0.496 e. The Balaban J connectivity index is 1.75. The molecule has 1 atom stereocenters. The first-order chi connectivity index (χ1) is 14.9. The molecule has 0 fully saturated rings. The molecule has 0 radical (unpaired) electrons. The molecule has 3 heterocycles. The molecule has 4 rings (SSSR count). The summed E-state index contributed by atoms with van der Waals surface area (Å²) >= 11 is 0. The minimum absolute atomic E-state index is 0.226. The Bertz CT molecular complexity index is 1260. The van der Waals surface area contributed by atoms with E-state index in [9.17, 15) is 9.18 Å². The van der Waals surface area contributed by atoms with E-state index in [-0.39, 0.29) is 11.5 Å². The molecule has 9 heteroatoms. The highest BCUT2D eigenvalue weighted by Crippen LogP contribution is 2.38. The predicted molar refractivity (Wildman–Crippen MR) is 114 cm³/mol. The SMILES string of the molecule is COc1cccc(F)c1-c1cc2c(cn1)NC(=O)/C2=C(/C)Nc1cnn(C(C)C#N)c1. The third-order valence-corrected chi connectivity index (χ3v) is 4.99. The Morgan fingerprint density at radius 1 is 1.39 bits per heavy atom. The number of nitrogens with zero attached hydrogens (tertiary/aromatic N) is 4. The summed E-state index contributed by atoms with van der Waals surface area (Å²) in [6.07, 6.45) is 4.77. The number of hydrogen-bond acceptors (Lipinski definition) is 6. The van der Waals surface area contributed by atoms with Gasteiger partial charge in [0.15, 0.2) is 0 Å². The molecule has 0 aliphatic carbocycles. The fourth-order valence-electron chi connectivity index (χ4n) is 3.45. The number of carbonyl (C=O) groups excluding carboxylic acids is 1. The lowest BCUT2D eigenvalue weighted by Crippen LogP contribution is -2.08. The van der Waals surface area contributed by atoms with Crippen LogP contribution in [-0.2, 0) is 4.79 Å². The molecule has 1 amide bonds. The number of anilines is 2. The molecule has 0 saturated heterocycles. The Morgan fingerprint density at radius 3 is 2.94 bits per heavy atom. The smallest absolute Gasteiger partial charge is 0.258 e. The molecule has 1 aliphatic rings. The number of allylic oxidation sites excluding steroid dienone is 1. The number of halogens is 1. The second kappa shape index (κ2) is 7.91. The van der Waals surface area contributed by atoms with E-state index in [1.807, 2.05) is 0 Å². The van der Waals surface area contributed by atoms with Gasteiger partial charge in [0, 0.05) is 17.5 Å². The number of hydrogen-bond donors (Lipinski definition) is 2. The summed E-state index contributed by atoms with van der Waals surface area (Å²) < 4.78 is 21.3. The van der Waals surface area contributed by atoms with Gasteiger partial charge in [-0.2, -0.15) is 10.4 Å². The summed E-state index contributed by atoms with van der Waals surface area (Å²) in [6, 6.07) is 7.90. The fourth-order valence-corrected chi connectivity index (χ4v) is 3.45. The van der Waals surface area contributed by atoms with Gasteiger partial charge >= 0.3 is 0 Å². The van der Waals surface area contributed by atoms with Gasteiger partial charge in [0.05, 0.1) is 53.8 Å². The van der Waals surface area contributed by atoms with Crippen LogP contribution in [0.1, 0.15) is 25.5 Å². The third kappa shape index (κ3) is 3.59. The van der Waals surface area contributed by atoms with Crippen molar-refractivity contribution in [2.45, 2.75) is 19.9 Å². The number of pyridine rings is 1. The monoisotopic (exact) mass is 418 g/mol. The maximum Gasteiger partial charge on any atom is 0.258 e. The summed E-state index contributed by atoms with van der Waals surface area (Å²) in [5.41, 5.74) is 3.35. The molecule has 0 spiro atoms. The molecule has 1 aromatic carbocycles. The number of ether oxygens (including phenoxy) is 1. The van der Waals surface area contributed by atoms with Crippen molar-refractivity contribution < 1.29 is 13.9 Å². The van der Waals surface area contributed by atoms with Crippen molar-refractivity contribution in [1.29, 1.82) is 5.26 Å². The van der Waals surface area contributed by atoms with E-state index in [2.05, 4.69) is 26.8 Å². The molecular formula is C22H19FN6O2. The molecule has 0 bridgehead atoms. The number of nitrogens with one attached hydrogen (secondary N) is 2. The van der Waals surface area contributed by atoms with E-state index in [0.29, 0.717) is 39.7 Å². The summed E-state index contributed by atoms with van der Waals surface area (Å²) in [5, 5.41) is 19.1. The molecule has 8 nitrogen and oxygen atoms in total. The van der Waals surface area contributed by atoms with Crippen LogP contribution in [0, 0.1) is 17.1 Å². The van der Waals surface area contributed by atoms with Crippen molar-refractivity contribution in [3.05, 3.63) is 59.9 Å². The van der Waals surface area contributed by atoms with Gasteiger partial charge in [-0.25, -0.2) is 4.39 Å². The lowest BCUT2D eigenvalue weighted by Gasteiger charge is -2.11. The Kier molecular flexibility index (Phi) is 5.13. The van der Waals surface area contributed by atoms with Gasteiger partial charge in [-0.3, -0.25) is 14.5 Å². The van der Waals surface area contributed by atoms with Crippen LogP contribution in [0.2, 0.25) is 0 Å². The van der Waals surface area contributed by atoms with Crippen molar-refractivity contribution in [2.24, 2.45) is 0 Å². The number of aromatic nitrogens is 3. The summed E-state index contributed by atoms with van der Waals surface area (Å²) in [5.74, 6) is -0.412. The van der Waals surface area contributed by atoms with Gasteiger partial charge in [-0.1, -0.05) is 6.07 Å². The van der Waals surface area contributed by atoms with Crippen LogP contribution >= 0.6 is 0 Å². The zero-order valence-electron chi connectivity index (χ0n) is 17.1. The first-order valence-corrected chi connectivity index (χ1v) is 9.49. The number of amides is 1. The van der Waals surface area contributed by atoms with Crippen molar-refractivity contribution in [2.75, 3.05) is 17.7 Å². The van der Waals surface area contributed by atoms with E-state index < -0.39 is 11.9 Å². The van der Waals surface area contributed by atoms with Gasteiger partial charge in [0.2, 0.25) is 0 Å². The summed E-state index contributed by atoms with van der Waals surface area (Å²) in [7, 11) is 1.46. The van der Waals surface area contributed by atoms with E-state index in [1.54, 1.807) is 44.4 Å². The molecule has 2 aromatic heterocycles. The maximum atomic E-state index is 14.5. The first kappa shape index (κ1) is 20.1. The number of nitriles is 1. The Labute approximate surface area is 178 Å². The molecule has 156 valence electrons. The normalized spacial score (nSPS) is 15.0. The highest BCUT2D eigenvalue weighted by atomic mass is 19.1. The molecular weight excluding hydrogens is 399 g/mol. The average molecular weight is 418 g/mol. The highest BCUT2D eigenvalue weighted by Gasteiger charge is 2.28. The zero-order valence-corrected chi connectivity index (χ0v) is 17.1. The van der Waals surface area contributed by atoms with E-state index in [4.69, 9.17) is 10.00 Å². The van der Waals surface area contributed by atoms with Crippen LogP contribution in [0.5, 0.6) is 5.75 Å². The number of methoxy groups -OCH3 is 1. The van der Waals surface area contributed by atoms with Crippen LogP contribution in [0.3, 0.4) is 0 Å². The number of fused-ring (bicyclic) bond motifs is 1. The predicted octanol–water partition coefficient (Wildman–Crippen LogP) is 3.97. The quantitative estimate of drug-likeness (QED) is 0.608. The van der Waals surface area contributed by atoms with E-state index in [1.165, 1.54) is 24.1 Å². The van der Waals surface area contributed by atoms with Gasteiger partial charge in [0.25, 0.3) is 5.91 Å². The number of rotatable bonds is 5. The fraction of sp³-hybridized carbons (Fsp3) is 0.182. The topological polar surface area (TPSA) is 105 Å². The van der Waals surface area contributed by atoms with Crippen LogP contribution < -0.4 is 15.4 Å². The highest BCUT2D eigenvalue weighted by molar-refractivity contribution is 6.32. The maximum absolute atomic E-state index is 14.5. The minimum atomic E-state index is -0.469. The van der Waals surface area contributed by atoms with Crippen LogP contribution in [0.25, 0.3) is 16.8 Å². The summed E-state index contributed by atoms with van der Waals surface area (Å²) in [4.78, 5) is 17.0. The number of carbonyl (C=O) groups is 1. The second-order valence-corrected chi connectivity index (χ2v) is 7.03. The molecule has 1 aliphatic heterocycles. The van der Waals surface area contributed by atoms with Gasteiger partial charge in [0.1, 0.15) is 17.6 Å². The van der Waals surface area contributed by atoms with E-state index >= 15 is 0 Å². The van der Waals surface area contributed by atoms with Crippen molar-refractivity contribution in [1.82, 2.24) is 14.8 Å². The molecule has 31 heavy (non-hydrogen) atoms. The van der Waals surface area contributed by atoms with Crippen LogP contribution in [0.15, 0.2) is 48.6 Å². The van der Waals surface area contributed by atoms with Crippen LogP contribution in [0.4, 0.5) is 15.8 Å². The van der Waals surface area contributed by atoms with E-state index in [0.717, 1.165) is 0 Å². The van der Waals surface area contributed by atoms with Crippen LogP contribution in [-0.4, -0.2) is 27.8 Å². The first-order valence-electron chi connectivity index (χ1n) is 9.49. The standard InChI is InChI=1S/C22H19FN6O2/c1-12(8-24)29-11-14(9-26-29)27-13(2)20-15-7-17(25-10-18(15)28-22(20)30)21-16(23)5-4-6-19(21)31-3/h4-7,9-12,27H,1-3H3,(H,28,30)/b20-13-. The zero-order chi connectivity index (χ0) is 22.1. The Morgan fingerprint density at radius 2 is 2.19 bits per heavy atom. The average Bonchev–Trinajstić information content (AvgIpc) is 3.35. The molecule has 1 unspecified atom stereocenters. The van der Waals surface area contributed by atoms with Crippen molar-refractivity contribution >= 4 is 22.9 Å². The lowest BCUT2D eigenvalue weighted by atomic mass is 10.0. The number of benzene rings is 1. The molecule has 2 N–H and O–H groups in total. The molecule has 3 aromatic rings. The second-order valence-electron chi connectivity index (χ2n) is 7.03. The van der Waals surface area contributed by atoms with Gasteiger partial charge < -0.3 is 15.4 Å². The van der Waals surface area contributed by atoms with Gasteiger partial charge in [-0.05, 0) is 32.0 Å². The minimum Gasteiger partial charge on any atom is -0.496 e. The van der Waals surface area contributed by atoms with Crippen molar-refractivity contribution in [3.63, 3.8) is 0 Å². The van der Waals surface area contributed by atoms with Crippen molar-refractivity contribution in [3.8, 4) is 23.1 Å². The lowest BCUT2D eigenvalue weighted by molar-refractivity contribution is -0.110. The van der Waals surface area contributed by atoms with Gasteiger partial charge in [-0.15, -0.1) is 0 Å². The Hall–Kier alpha value is -4.19.